The van der Waals surface area contributed by atoms with Crippen LogP contribution in [-0.4, -0.2) is 43.6 Å². The summed E-state index contributed by atoms with van der Waals surface area (Å²) in [7, 11) is 0. The van der Waals surface area contributed by atoms with Crippen molar-refractivity contribution < 1.29 is 19.1 Å². The van der Waals surface area contributed by atoms with Crippen molar-refractivity contribution in [2.75, 3.05) is 19.8 Å². The topological polar surface area (TPSA) is 109 Å². The van der Waals surface area contributed by atoms with Gasteiger partial charge >= 0.3 is 12.1 Å². The van der Waals surface area contributed by atoms with Gasteiger partial charge in [0.25, 0.3) is 0 Å². The normalized spacial score (nSPS) is 9.94. The van der Waals surface area contributed by atoms with E-state index in [1.54, 1.807) is 20.8 Å². The highest BCUT2D eigenvalue weighted by molar-refractivity contribution is 5.74. The van der Waals surface area contributed by atoms with Gasteiger partial charge in [-0.05, 0) is 20.8 Å². The van der Waals surface area contributed by atoms with Crippen molar-refractivity contribution in [3.63, 3.8) is 0 Å². The van der Waals surface area contributed by atoms with Gasteiger partial charge in [-0.2, -0.15) is 4.99 Å². The Morgan fingerprint density at radius 1 is 1.17 bits per heavy atom. The molecule has 0 unspecified atom stereocenters. The molecule has 8 nitrogen and oxygen atoms in total. The number of ether oxygens (including phenoxy) is 1. The van der Waals surface area contributed by atoms with Gasteiger partial charge in [0.05, 0.1) is 0 Å². The largest absolute Gasteiger partial charge is 0.444 e. The van der Waals surface area contributed by atoms with Crippen LogP contribution in [0.4, 0.5) is 9.59 Å². The second kappa shape index (κ2) is 8.08. The molecule has 0 aliphatic rings. The summed E-state index contributed by atoms with van der Waals surface area (Å²) in [4.78, 5) is 35.1. The van der Waals surface area contributed by atoms with Crippen LogP contribution >= 0.6 is 0 Å². The van der Waals surface area contributed by atoms with E-state index in [1.807, 2.05) is 0 Å². The van der Waals surface area contributed by atoms with Crippen molar-refractivity contribution >= 4 is 18.2 Å². The number of hydrogen-bond acceptors (Lipinski definition) is 5. The molecule has 0 saturated heterocycles. The molecule has 0 aromatic heterocycles. The van der Waals surface area contributed by atoms with Crippen molar-refractivity contribution in [3.05, 3.63) is 0 Å². The van der Waals surface area contributed by atoms with E-state index >= 15 is 0 Å². The molecule has 102 valence electrons. The Hall–Kier alpha value is -2.08. The van der Waals surface area contributed by atoms with Gasteiger partial charge in [0, 0.05) is 13.1 Å². The van der Waals surface area contributed by atoms with Crippen LogP contribution in [0.15, 0.2) is 4.99 Å². The van der Waals surface area contributed by atoms with E-state index < -0.39 is 17.7 Å². The van der Waals surface area contributed by atoms with Crippen LogP contribution in [0.1, 0.15) is 20.8 Å². The summed E-state index contributed by atoms with van der Waals surface area (Å²) in [6.07, 6.45) is 0.740. The highest BCUT2D eigenvalue weighted by Gasteiger charge is 2.15. The van der Waals surface area contributed by atoms with Gasteiger partial charge in [-0.15, -0.1) is 0 Å². The molecular weight excluding hydrogens is 240 g/mol. The fraction of sp³-hybridized carbons (Fsp3) is 0.700. The first kappa shape index (κ1) is 15.9. The van der Waals surface area contributed by atoms with Crippen molar-refractivity contribution in [2.45, 2.75) is 26.4 Å². The Labute approximate surface area is 105 Å². The van der Waals surface area contributed by atoms with E-state index in [0.717, 1.165) is 0 Å². The van der Waals surface area contributed by atoms with Gasteiger partial charge in [-0.3, -0.25) is 0 Å². The molecule has 0 rings (SSSR count). The van der Waals surface area contributed by atoms with Crippen LogP contribution in [0, 0.1) is 0 Å². The van der Waals surface area contributed by atoms with E-state index in [1.165, 1.54) is 6.08 Å². The summed E-state index contributed by atoms with van der Waals surface area (Å²) in [5.74, 6) is 0. The van der Waals surface area contributed by atoms with Crippen molar-refractivity contribution in [3.8, 4) is 0 Å². The van der Waals surface area contributed by atoms with Crippen LogP contribution in [0.25, 0.3) is 0 Å². The standard InChI is InChI=1S/C10H18N4O4/c1-10(2,3)18-9(17)13-5-4-12-8(16)14-6-11-7-15/h4-6H2,1-3H3,(H,13,17)(H2,12,14,16). The molecule has 0 spiro atoms. The predicted octanol–water partition coefficient (Wildman–Crippen LogP) is 0.104. The number of urea groups is 1. The van der Waals surface area contributed by atoms with Crippen LogP contribution in [0.3, 0.4) is 0 Å². The van der Waals surface area contributed by atoms with Crippen molar-refractivity contribution in [1.82, 2.24) is 16.0 Å². The Morgan fingerprint density at radius 3 is 2.33 bits per heavy atom. The average molecular weight is 258 g/mol. The monoisotopic (exact) mass is 258 g/mol. The molecule has 0 aromatic carbocycles. The summed E-state index contributed by atoms with van der Waals surface area (Å²) < 4.78 is 4.99. The van der Waals surface area contributed by atoms with Crippen molar-refractivity contribution in [2.24, 2.45) is 4.99 Å². The quantitative estimate of drug-likeness (QED) is 0.369. The van der Waals surface area contributed by atoms with E-state index in [9.17, 15) is 14.4 Å². The first-order chi connectivity index (χ1) is 8.35. The Balaban J connectivity index is 3.58. The number of hydrogen-bond donors (Lipinski definition) is 3. The molecule has 0 heterocycles. The third kappa shape index (κ3) is 10.4. The molecule has 3 amide bonds. The van der Waals surface area contributed by atoms with E-state index in [2.05, 4.69) is 20.9 Å². The minimum Gasteiger partial charge on any atom is -0.444 e. The second-order valence-electron chi connectivity index (χ2n) is 4.27. The minimum atomic E-state index is -0.554. The van der Waals surface area contributed by atoms with E-state index in [-0.39, 0.29) is 19.8 Å². The minimum absolute atomic E-state index is 0.130. The summed E-state index contributed by atoms with van der Waals surface area (Å²) in [6, 6.07) is -0.486. The average Bonchev–Trinajstić information content (AvgIpc) is 2.22. The smallest absolute Gasteiger partial charge is 0.407 e. The number of aliphatic imine (C=N–C) groups is 1. The van der Waals surface area contributed by atoms with Crippen LogP contribution in [0.5, 0.6) is 0 Å². The number of rotatable bonds is 5. The number of carbonyl (C=O) groups is 2. The highest BCUT2D eigenvalue weighted by Crippen LogP contribution is 2.05. The van der Waals surface area contributed by atoms with Crippen LogP contribution in [-0.2, 0) is 9.53 Å². The lowest BCUT2D eigenvalue weighted by Gasteiger charge is -2.19. The maximum absolute atomic E-state index is 11.2. The first-order valence-electron chi connectivity index (χ1n) is 5.37. The van der Waals surface area contributed by atoms with E-state index in [0.29, 0.717) is 0 Å². The molecule has 0 aromatic rings. The molecule has 0 saturated carbocycles. The third-order valence-corrected chi connectivity index (χ3v) is 1.46. The third-order valence-electron chi connectivity index (χ3n) is 1.46. The number of alkyl carbamates (subject to hydrolysis) is 1. The predicted molar refractivity (Wildman–Crippen MR) is 63.8 cm³/mol. The maximum atomic E-state index is 11.2. The second-order valence-corrected chi connectivity index (χ2v) is 4.27. The lowest BCUT2D eigenvalue weighted by molar-refractivity contribution is 0.0528. The molecule has 18 heavy (non-hydrogen) atoms. The van der Waals surface area contributed by atoms with Gasteiger partial charge in [0.1, 0.15) is 12.3 Å². The van der Waals surface area contributed by atoms with Crippen molar-refractivity contribution in [1.29, 1.82) is 0 Å². The molecule has 0 aliphatic carbocycles. The Kier molecular flexibility index (Phi) is 7.14. The molecule has 0 fully saturated rings. The lowest BCUT2D eigenvalue weighted by atomic mass is 10.2. The summed E-state index contributed by atoms with van der Waals surface area (Å²) in [6.45, 7) is 5.60. The number of amides is 3. The highest BCUT2D eigenvalue weighted by atomic mass is 16.6. The Morgan fingerprint density at radius 2 is 1.78 bits per heavy atom. The first-order valence-corrected chi connectivity index (χ1v) is 5.37. The SMILES string of the molecule is CC(C)(C)OC(=O)NCCNC(=O)NCN=C=O. The van der Waals surface area contributed by atoms with Gasteiger partial charge in [0.2, 0.25) is 6.08 Å². The molecule has 0 bridgehead atoms. The molecule has 3 N–H and O–H groups in total. The molecular formula is C10H18N4O4. The Bertz CT molecular complexity index is 331. The molecule has 0 aliphatic heterocycles. The number of nitrogens with zero attached hydrogens (tertiary/aromatic N) is 1. The molecule has 8 heteroatoms. The number of carbonyl (C=O) groups excluding carboxylic acids is 3. The fourth-order valence-electron chi connectivity index (χ4n) is 0.861. The van der Waals surface area contributed by atoms with Gasteiger partial charge in [-0.25, -0.2) is 14.4 Å². The van der Waals surface area contributed by atoms with Gasteiger partial charge in [-0.1, -0.05) is 0 Å². The zero-order chi connectivity index (χ0) is 14.0. The number of nitrogens with one attached hydrogen (secondary N) is 3. The van der Waals surface area contributed by atoms with E-state index in [4.69, 9.17) is 4.74 Å². The number of isocyanates is 1. The van der Waals surface area contributed by atoms with Gasteiger partial charge < -0.3 is 20.7 Å². The van der Waals surface area contributed by atoms with Crippen LogP contribution < -0.4 is 16.0 Å². The van der Waals surface area contributed by atoms with Gasteiger partial charge in [0.15, 0.2) is 0 Å². The zero-order valence-corrected chi connectivity index (χ0v) is 10.7. The summed E-state index contributed by atoms with van der Waals surface area (Å²) >= 11 is 0. The summed E-state index contributed by atoms with van der Waals surface area (Å²) in [5, 5.41) is 7.21. The molecule has 0 atom stereocenters. The zero-order valence-electron chi connectivity index (χ0n) is 10.7. The lowest BCUT2D eigenvalue weighted by Crippen LogP contribution is -2.41. The molecule has 0 radical (unpaired) electrons. The summed E-state index contributed by atoms with van der Waals surface area (Å²) in [5.41, 5.74) is -0.554. The fourth-order valence-corrected chi connectivity index (χ4v) is 0.861. The van der Waals surface area contributed by atoms with Crippen LogP contribution in [0.2, 0.25) is 0 Å². The maximum Gasteiger partial charge on any atom is 0.407 e.